The van der Waals surface area contributed by atoms with Crippen molar-refractivity contribution in [2.45, 2.75) is 12.1 Å². The number of nitrogens with one attached hydrogen (secondary N) is 1. The van der Waals surface area contributed by atoms with Crippen molar-refractivity contribution in [3.8, 4) is 0 Å². The molecule has 1 heterocycles. The Morgan fingerprint density at radius 1 is 1.07 bits per heavy atom. The maximum absolute atomic E-state index is 12.4. The molecule has 0 fully saturated rings. The third-order valence-electron chi connectivity index (χ3n) is 4.12. The Morgan fingerprint density at radius 2 is 1.79 bits per heavy atom. The first-order valence-electron chi connectivity index (χ1n) is 8.02. The van der Waals surface area contributed by atoms with Gasteiger partial charge in [0, 0.05) is 23.1 Å². The van der Waals surface area contributed by atoms with Crippen LogP contribution in [0.25, 0.3) is 10.9 Å². The van der Waals surface area contributed by atoms with E-state index in [0.29, 0.717) is 11.1 Å². The Kier molecular flexibility index (Phi) is 5.07. The van der Waals surface area contributed by atoms with Gasteiger partial charge in [0.2, 0.25) is 0 Å². The second kappa shape index (κ2) is 7.19. The first-order chi connectivity index (χ1) is 13.1. The predicted molar refractivity (Wildman–Crippen MR) is 97.9 cm³/mol. The second-order valence-electron chi connectivity index (χ2n) is 6.06. The van der Waals surface area contributed by atoms with E-state index in [1.54, 1.807) is 41.0 Å². The van der Waals surface area contributed by atoms with Crippen LogP contribution >= 0.6 is 0 Å². The molecule has 6 nitrogen and oxygen atoms in total. The monoisotopic (exact) mass is 412 g/mol. The zero-order valence-electron chi connectivity index (χ0n) is 14.3. The third kappa shape index (κ3) is 3.96. The summed E-state index contributed by atoms with van der Waals surface area (Å²) < 4.78 is 61.3. The molecule has 0 radical (unpaired) electrons. The summed E-state index contributed by atoms with van der Waals surface area (Å²) in [6, 6.07) is 14.8. The highest BCUT2D eigenvalue weighted by molar-refractivity contribution is 7.92. The van der Waals surface area contributed by atoms with E-state index in [2.05, 4.69) is 5.32 Å². The van der Waals surface area contributed by atoms with Crippen LogP contribution in [0.5, 0.6) is 0 Å². The number of para-hydroxylation sites is 1. The summed E-state index contributed by atoms with van der Waals surface area (Å²) in [5, 5.41) is 12.4. The Hall–Kier alpha value is -3.01. The molecule has 0 aliphatic carbocycles. The van der Waals surface area contributed by atoms with Crippen molar-refractivity contribution in [2.24, 2.45) is 0 Å². The number of nitrogens with zero attached hydrogens (tertiary/aromatic N) is 1. The Bertz CT molecular complexity index is 1140. The van der Waals surface area contributed by atoms with Crippen molar-refractivity contribution in [3.05, 3.63) is 65.9 Å². The van der Waals surface area contributed by atoms with Gasteiger partial charge in [-0.1, -0.05) is 30.3 Å². The van der Waals surface area contributed by atoms with Crippen molar-refractivity contribution in [2.75, 3.05) is 11.2 Å². The van der Waals surface area contributed by atoms with Crippen LogP contribution in [0.1, 0.15) is 16.1 Å². The van der Waals surface area contributed by atoms with Gasteiger partial charge >= 0.3 is 11.5 Å². The second-order valence-corrected chi connectivity index (χ2v) is 8.04. The van der Waals surface area contributed by atoms with E-state index in [1.807, 2.05) is 0 Å². The molecular weight excluding hydrogens is 397 g/mol. The molecule has 3 rings (SSSR count). The molecule has 0 bridgehead atoms. The summed E-state index contributed by atoms with van der Waals surface area (Å²) >= 11 is 0. The molecule has 0 spiro atoms. The van der Waals surface area contributed by atoms with E-state index in [-0.39, 0.29) is 17.9 Å². The molecule has 2 aromatic carbocycles. The van der Waals surface area contributed by atoms with Crippen LogP contribution in [0.3, 0.4) is 0 Å². The van der Waals surface area contributed by atoms with E-state index in [9.17, 15) is 31.5 Å². The van der Waals surface area contributed by atoms with Crippen LogP contribution in [-0.4, -0.2) is 35.4 Å². The zero-order valence-corrected chi connectivity index (χ0v) is 15.1. The van der Waals surface area contributed by atoms with E-state index >= 15 is 0 Å². The van der Waals surface area contributed by atoms with Crippen LogP contribution in [0.2, 0.25) is 0 Å². The fraction of sp³-hybridized carbons (Fsp3) is 0.167. The molecule has 10 heteroatoms. The molecule has 0 saturated carbocycles. The molecule has 0 amide bonds. The minimum Gasteiger partial charge on any atom is -0.477 e. The first kappa shape index (κ1) is 19.7. The molecule has 2 N–H and O–H groups in total. The minimum atomic E-state index is -5.34. The number of sulfone groups is 1. The van der Waals surface area contributed by atoms with Gasteiger partial charge in [-0.05, 0) is 29.8 Å². The van der Waals surface area contributed by atoms with Gasteiger partial charge in [-0.2, -0.15) is 13.2 Å². The van der Waals surface area contributed by atoms with Gasteiger partial charge in [0.25, 0.3) is 9.84 Å². The fourth-order valence-electron chi connectivity index (χ4n) is 2.78. The van der Waals surface area contributed by atoms with E-state index in [1.165, 1.54) is 18.2 Å². The van der Waals surface area contributed by atoms with Crippen molar-refractivity contribution in [1.82, 2.24) is 4.57 Å². The Balaban J connectivity index is 1.87. The summed E-state index contributed by atoms with van der Waals surface area (Å²) in [6.07, 6.45) is 0. The fourth-order valence-corrected chi connectivity index (χ4v) is 3.30. The molecule has 0 aliphatic heterocycles. The number of carboxylic acid groups (broad SMARTS) is 1. The minimum absolute atomic E-state index is 0.0687. The lowest BCUT2D eigenvalue weighted by atomic mass is 10.2. The number of alkyl halides is 3. The lowest BCUT2D eigenvalue weighted by Crippen LogP contribution is -2.29. The summed E-state index contributed by atoms with van der Waals surface area (Å²) in [4.78, 5) is 11.5. The average Bonchev–Trinajstić information content (AvgIpc) is 2.98. The molecule has 1 aromatic heterocycles. The molecule has 0 saturated heterocycles. The topological polar surface area (TPSA) is 88.4 Å². The quantitative estimate of drug-likeness (QED) is 0.645. The maximum Gasteiger partial charge on any atom is 0.499 e. The van der Waals surface area contributed by atoms with Gasteiger partial charge in [-0.25, -0.2) is 13.2 Å². The SMILES string of the molecule is O=C(O)c1cc2ccccc2n1Cc1cccc(NCS(=O)(=O)C(F)(F)F)c1. The lowest BCUT2D eigenvalue weighted by molar-refractivity contribution is -0.0433. The number of aromatic nitrogens is 1. The Labute approximate surface area is 158 Å². The lowest BCUT2D eigenvalue weighted by Gasteiger charge is -2.12. The van der Waals surface area contributed by atoms with Gasteiger partial charge in [-0.3, -0.25) is 0 Å². The molecule has 0 aliphatic rings. The van der Waals surface area contributed by atoms with Gasteiger partial charge in [0.1, 0.15) is 11.6 Å². The van der Waals surface area contributed by atoms with Crippen molar-refractivity contribution >= 4 is 32.4 Å². The van der Waals surface area contributed by atoms with Crippen LogP contribution < -0.4 is 5.32 Å². The normalized spacial score (nSPS) is 12.2. The molecule has 0 unspecified atom stereocenters. The van der Waals surface area contributed by atoms with Gasteiger partial charge in [-0.15, -0.1) is 0 Å². The highest BCUT2D eigenvalue weighted by Gasteiger charge is 2.45. The van der Waals surface area contributed by atoms with E-state index in [4.69, 9.17) is 0 Å². The first-order valence-corrected chi connectivity index (χ1v) is 9.67. The third-order valence-corrected chi connectivity index (χ3v) is 5.35. The van der Waals surface area contributed by atoms with Crippen molar-refractivity contribution in [1.29, 1.82) is 0 Å². The summed E-state index contributed by atoms with van der Waals surface area (Å²) in [6.45, 7) is 0.149. The van der Waals surface area contributed by atoms with Crippen LogP contribution in [0, 0.1) is 0 Å². The van der Waals surface area contributed by atoms with E-state index < -0.39 is 27.2 Å². The molecule has 148 valence electrons. The number of hydrogen-bond donors (Lipinski definition) is 2. The Morgan fingerprint density at radius 3 is 2.46 bits per heavy atom. The van der Waals surface area contributed by atoms with Gasteiger partial charge < -0.3 is 15.0 Å². The number of hydrogen-bond acceptors (Lipinski definition) is 4. The standard InChI is InChI=1S/C18H15F3N2O4S/c19-18(20,21)28(26,27)11-22-14-6-3-4-12(8-14)10-23-15-7-2-1-5-13(15)9-16(23)17(24)25/h1-9,22H,10-11H2,(H,24,25). The van der Waals surface area contributed by atoms with Crippen LogP contribution in [0.15, 0.2) is 54.6 Å². The number of halogens is 3. The van der Waals surface area contributed by atoms with Gasteiger partial charge in [0.05, 0.1) is 0 Å². The number of carbonyl (C=O) groups is 1. The smallest absolute Gasteiger partial charge is 0.477 e. The number of anilines is 1. The predicted octanol–water partition coefficient (Wildman–Crippen LogP) is 3.69. The largest absolute Gasteiger partial charge is 0.499 e. The highest BCUT2D eigenvalue weighted by Crippen LogP contribution is 2.25. The number of carboxylic acids is 1. The van der Waals surface area contributed by atoms with E-state index in [0.717, 1.165) is 5.39 Å². The average molecular weight is 412 g/mol. The number of benzene rings is 2. The molecule has 0 atom stereocenters. The zero-order chi connectivity index (χ0) is 20.5. The van der Waals surface area contributed by atoms with Crippen molar-refractivity contribution in [3.63, 3.8) is 0 Å². The number of rotatable bonds is 6. The van der Waals surface area contributed by atoms with Gasteiger partial charge in [0.15, 0.2) is 0 Å². The van der Waals surface area contributed by atoms with Crippen LogP contribution in [0.4, 0.5) is 18.9 Å². The van der Waals surface area contributed by atoms with Crippen LogP contribution in [-0.2, 0) is 16.4 Å². The summed E-state index contributed by atoms with van der Waals surface area (Å²) in [7, 11) is -5.30. The maximum atomic E-state index is 12.4. The molecule has 3 aromatic rings. The molecule has 28 heavy (non-hydrogen) atoms. The summed E-state index contributed by atoms with van der Waals surface area (Å²) in [5.74, 6) is -2.39. The van der Waals surface area contributed by atoms with Crippen molar-refractivity contribution < 1.29 is 31.5 Å². The molecular formula is C18H15F3N2O4S. The number of aromatic carboxylic acids is 1. The number of fused-ring (bicyclic) bond motifs is 1. The summed E-state index contributed by atoms with van der Waals surface area (Å²) in [5.41, 5.74) is -3.80. The highest BCUT2D eigenvalue weighted by atomic mass is 32.2.